The Bertz CT molecular complexity index is 468. The van der Waals surface area contributed by atoms with Crippen molar-refractivity contribution in [1.29, 1.82) is 0 Å². The lowest BCUT2D eigenvalue weighted by atomic mass is 9.69. The van der Waals surface area contributed by atoms with E-state index in [9.17, 15) is 4.79 Å². The highest BCUT2D eigenvalue weighted by molar-refractivity contribution is 5.95. The molecule has 1 aliphatic carbocycles. The van der Waals surface area contributed by atoms with E-state index < -0.39 is 0 Å². The van der Waals surface area contributed by atoms with Gasteiger partial charge in [0.2, 0.25) is 5.91 Å². The van der Waals surface area contributed by atoms with Crippen LogP contribution in [0.3, 0.4) is 0 Å². The monoisotopic (exact) mass is 229 g/mol. The number of carbonyl (C=O) groups is 1. The number of fused-ring (bicyclic) bond motifs is 3. The van der Waals surface area contributed by atoms with Crippen molar-refractivity contribution in [2.24, 2.45) is 0 Å². The van der Waals surface area contributed by atoms with Gasteiger partial charge in [-0.3, -0.25) is 4.79 Å². The first-order valence-corrected chi connectivity index (χ1v) is 6.54. The van der Waals surface area contributed by atoms with Gasteiger partial charge >= 0.3 is 0 Å². The van der Waals surface area contributed by atoms with Crippen molar-refractivity contribution >= 4 is 11.6 Å². The predicted octanol–water partition coefficient (Wildman–Crippen LogP) is 3.25. The SMILES string of the molecule is CC(=O)N1c2ccccc2[C@]2(C)CCCC[C@H]12. The Labute approximate surface area is 103 Å². The summed E-state index contributed by atoms with van der Waals surface area (Å²) in [6.45, 7) is 4.02. The molecule has 1 aliphatic heterocycles. The van der Waals surface area contributed by atoms with Gasteiger partial charge in [-0.1, -0.05) is 38.0 Å². The van der Waals surface area contributed by atoms with Gasteiger partial charge in [-0.15, -0.1) is 0 Å². The first-order valence-electron chi connectivity index (χ1n) is 6.54. The fraction of sp³-hybridized carbons (Fsp3) is 0.533. The van der Waals surface area contributed by atoms with Crippen molar-refractivity contribution in [2.75, 3.05) is 4.90 Å². The minimum Gasteiger partial charge on any atom is -0.308 e. The van der Waals surface area contributed by atoms with Crippen LogP contribution in [0.15, 0.2) is 24.3 Å². The number of hydrogen-bond donors (Lipinski definition) is 0. The van der Waals surface area contributed by atoms with E-state index >= 15 is 0 Å². The van der Waals surface area contributed by atoms with Gasteiger partial charge in [0.25, 0.3) is 0 Å². The molecule has 0 aromatic heterocycles. The number of rotatable bonds is 0. The molecule has 0 bridgehead atoms. The topological polar surface area (TPSA) is 20.3 Å². The number of hydrogen-bond acceptors (Lipinski definition) is 1. The van der Waals surface area contributed by atoms with E-state index in [2.05, 4.69) is 25.1 Å². The Balaban J connectivity index is 2.18. The van der Waals surface area contributed by atoms with Crippen molar-refractivity contribution in [3.8, 4) is 0 Å². The van der Waals surface area contributed by atoms with Gasteiger partial charge in [-0.2, -0.15) is 0 Å². The maximum absolute atomic E-state index is 11.9. The van der Waals surface area contributed by atoms with Crippen molar-refractivity contribution < 1.29 is 4.79 Å². The Hall–Kier alpha value is -1.31. The minimum absolute atomic E-state index is 0.181. The number of nitrogens with zero attached hydrogens (tertiary/aromatic N) is 1. The quantitative estimate of drug-likeness (QED) is 0.668. The molecule has 2 nitrogen and oxygen atoms in total. The van der Waals surface area contributed by atoms with Gasteiger partial charge in [0, 0.05) is 24.1 Å². The van der Waals surface area contributed by atoms with Gasteiger partial charge in [0.1, 0.15) is 0 Å². The highest BCUT2D eigenvalue weighted by Gasteiger charge is 2.49. The van der Waals surface area contributed by atoms with Crippen molar-refractivity contribution in [3.05, 3.63) is 29.8 Å². The maximum atomic E-state index is 11.9. The van der Waals surface area contributed by atoms with Crippen LogP contribution in [0.25, 0.3) is 0 Å². The Kier molecular flexibility index (Phi) is 2.29. The summed E-state index contributed by atoms with van der Waals surface area (Å²) in [5, 5.41) is 0. The van der Waals surface area contributed by atoms with E-state index in [0.29, 0.717) is 6.04 Å². The molecule has 90 valence electrons. The number of para-hydroxylation sites is 1. The van der Waals surface area contributed by atoms with Crippen LogP contribution in [-0.2, 0) is 10.2 Å². The van der Waals surface area contributed by atoms with Crippen LogP contribution >= 0.6 is 0 Å². The number of anilines is 1. The van der Waals surface area contributed by atoms with Crippen molar-refractivity contribution in [2.45, 2.75) is 51.0 Å². The molecule has 0 unspecified atom stereocenters. The van der Waals surface area contributed by atoms with E-state index in [1.165, 1.54) is 24.8 Å². The molecule has 1 aromatic carbocycles. The molecule has 2 aliphatic rings. The molecule has 2 heteroatoms. The van der Waals surface area contributed by atoms with Gasteiger partial charge in [0.15, 0.2) is 0 Å². The lowest BCUT2D eigenvalue weighted by Crippen LogP contribution is -2.47. The molecule has 0 saturated heterocycles. The van der Waals surface area contributed by atoms with Crippen molar-refractivity contribution in [1.82, 2.24) is 0 Å². The summed E-state index contributed by atoms with van der Waals surface area (Å²) in [7, 11) is 0. The average molecular weight is 229 g/mol. The zero-order chi connectivity index (χ0) is 12.0. The molecule has 0 spiro atoms. The molecule has 1 fully saturated rings. The lowest BCUT2D eigenvalue weighted by molar-refractivity contribution is -0.117. The second kappa shape index (κ2) is 3.59. The van der Waals surface area contributed by atoms with E-state index in [-0.39, 0.29) is 11.3 Å². The molecular weight excluding hydrogens is 210 g/mol. The third-order valence-corrected chi connectivity index (χ3v) is 4.59. The van der Waals surface area contributed by atoms with Crippen LogP contribution < -0.4 is 4.90 Å². The second-order valence-electron chi connectivity index (χ2n) is 5.59. The molecule has 1 aromatic rings. The van der Waals surface area contributed by atoms with Crippen LogP contribution in [0.2, 0.25) is 0 Å². The number of amides is 1. The molecular formula is C15H19NO. The normalized spacial score (nSPS) is 30.9. The van der Waals surface area contributed by atoms with Crippen LogP contribution in [-0.4, -0.2) is 11.9 Å². The third-order valence-electron chi connectivity index (χ3n) is 4.59. The number of carbonyl (C=O) groups excluding carboxylic acids is 1. The van der Waals surface area contributed by atoms with Crippen molar-refractivity contribution in [3.63, 3.8) is 0 Å². The minimum atomic E-state index is 0.181. The summed E-state index contributed by atoms with van der Waals surface area (Å²) < 4.78 is 0. The van der Waals surface area contributed by atoms with E-state index in [1.807, 2.05) is 11.0 Å². The fourth-order valence-corrected chi connectivity index (χ4v) is 3.77. The summed E-state index contributed by atoms with van der Waals surface area (Å²) >= 11 is 0. The highest BCUT2D eigenvalue weighted by atomic mass is 16.2. The smallest absolute Gasteiger partial charge is 0.224 e. The predicted molar refractivity (Wildman–Crippen MR) is 69.2 cm³/mol. The Morgan fingerprint density at radius 2 is 2.12 bits per heavy atom. The fourth-order valence-electron chi connectivity index (χ4n) is 3.77. The summed E-state index contributed by atoms with van der Waals surface area (Å²) in [6, 6.07) is 8.82. The maximum Gasteiger partial charge on any atom is 0.224 e. The van der Waals surface area contributed by atoms with Crippen LogP contribution in [0.1, 0.15) is 45.1 Å². The molecule has 0 N–H and O–H groups in total. The third kappa shape index (κ3) is 1.36. The molecule has 3 rings (SSSR count). The molecule has 2 atom stereocenters. The largest absolute Gasteiger partial charge is 0.308 e. The molecule has 1 heterocycles. The van der Waals surface area contributed by atoms with Gasteiger partial charge in [-0.05, 0) is 24.5 Å². The molecule has 1 saturated carbocycles. The summed E-state index contributed by atoms with van der Waals surface area (Å²) in [5.74, 6) is 0.188. The van der Waals surface area contributed by atoms with Crippen LogP contribution in [0, 0.1) is 0 Å². The Morgan fingerprint density at radius 1 is 1.35 bits per heavy atom. The standard InChI is InChI=1S/C15H19NO/c1-11(17)16-13-8-4-3-7-12(13)15(2)10-6-5-9-14(15)16/h3-4,7-8,14H,5-6,9-10H2,1-2H3/t14-,15-/m0/s1. The summed E-state index contributed by atoms with van der Waals surface area (Å²) in [6.07, 6.45) is 4.88. The molecule has 17 heavy (non-hydrogen) atoms. The highest BCUT2D eigenvalue weighted by Crippen LogP contribution is 2.51. The van der Waals surface area contributed by atoms with E-state index in [1.54, 1.807) is 6.92 Å². The van der Waals surface area contributed by atoms with Gasteiger partial charge < -0.3 is 4.90 Å². The first kappa shape index (κ1) is 10.8. The van der Waals surface area contributed by atoms with Crippen LogP contribution in [0.5, 0.6) is 0 Å². The average Bonchev–Trinajstić information content (AvgIpc) is 2.59. The molecule has 0 radical (unpaired) electrons. The van der Waals surface area contributed by atoms with Gasteiger partial charge in [0.05, 0.1) is 0 Å². The number of benzene rings is 1. The van der Waals surface area contributed by atoms with Crippen LogP contribution in [0.4, 0.5) is 5.69 Å². The Morgan fingerprint density at radius 3 is 2.88 bits per heavy atom. The zero-order valence-electron chi connectivity index (χ0n) is 10.6. The first-order chi connectivity index (χ1) is 8.14. The van der Waals surface area contributed by atoms with E-state index in [0.717, 1.165) is 12.1 Å². The van der Waals surface area contributed by atoms with E-state index in [4.69, 9.17) is 0 Å². The molecule has 1 amide bonds. The second-order valence-corrected chi connectivity index (χ2v) is 5.59. The zero-order valence-corrected chi connectivity index (χ0v) is 10.6. The summed E-state index contributed by atoms with van der Waals surface area (Å²) in [5.41, 5.74) is 2.70. The van der Waals surface area contributed by atoms with Gasteiger partial charge in [-0.25, -0.2) is 0 Å². The lowest BCUT2D eigenvalue weighted by Gasteiger charge is -2.39. The summed E-state index contributed by atoms with van der Waals surface area (Å²) in [4.78, 5) is 14.0.